The van der Waals surface area contributed by atoms with E-state index in [1.807, 2.05) is 7.05 Å². The molecule has 1 N–H and O–H groups in total. The van der Waals surface area contributed by atoms with Gasteiger partial charge in [0, 0.05) is 12.7 Å². The van der Waals surface area contributed by atoms with Gasteiger partial charge in [0.1, 0.15) is 0 Å². The van der Waals surface area contributed by atoms with Gasteiger partial charge < -0.3 is 5.32 Å². The number of allylic oxidation sites excluding steroid dienone is 1. The van der Waals surface area contributed by atoms with Crippen molar-refractivity contribution in [2.24, 2.45) is 0 Å². The van der Waals surface area contributed by atoms with Crippen LogP contribution in [0.15, 0.2) is 23.8 Å². The molecule has 2 rings (SSSR count). The summed E-state index contributed by atoms with van der Waals surface area (Å²) in [6.07, 6.45) is 2.53. The largest absolute Gasteiger partial charge is 0.388 e. The molecule has 0 atom stereocenters. The Morgan fingerprint density at radius 2 is 1.86 bits per heavy atom. The van der Waals surface area contributed by atoms with Crippen molar-refractivity contribution in [2.75, 3.05) is 7.05 Å². The van der Waals surface area contributed by atoms with Gasteiger partial charge in [0.2, 0.25) is 0 Å². The van der Waals surface area contributed by atoms with E-state index in [2.05, 4.69) is 37.4 Å². The lowest BCUT2D eigenvalue weighted by molar-refractivity contribution is 1.12. The maximum atomic E-state index is 3.31. The molecule has 1 aromatic carbocycles. The predicted molar refractivity (Wildman–Crippen MR) is 61.1 cm³/mol. The number of benzene rings is 1. The third-order valence-electron chi connectivity index (χ3n) is 2.90. The number of nitrogens with one attached hydrogen (secondary N) is 1. The van der Waals surface area contributed by atoms with Gasteiger partial charge in [-0.1, -0.05) is 12.1 Å². The molecule has 0 saturated heterocycles. The molecule has 0 spiro atoms. The lowest BCUT2D eigenvalue weighted by Gasteiger charge is -2.09. The Morgan fingerprint density at radius 3 is 2.36 bits per heavy atom. The Balaban J connectivity index is 2.41. The summed E-state index contributed by atoms with van der Waals surface area (Å²) in [5, 5.41) is 3.31. The molecular weight excluding hydrogens is 170 g/mol. The molecule has 1 aliphatic carbocycles. The summed E-state index contributed by atoms with van der Waals surface area (Å²) in [5.74, 6) is 0. The fourth-order valence-electron chi connectivity index (χ4n) is 1.73. The summed E-state index contributed by atoms with van der Waals surface area (Å²) in [7, 11) is 2.01. The van der Waals surface area contributed by atoms with Crippen molar-refractivity contribution in [3.63, 3.8) is 0 Å². The van der Waals surface area contributed by atoms with Crippen molar-refractivity contribution < 1.29 is 0 Å². The maximum absolute atomic E-state index is 3.31. The average Bonchev–Trinajstić information content (AvgIpc) is 2.96. The lowest BCUT2D eigenvalue weighted by Crippen LogP contribution is -2.05. The number of hydrogen-bond donors (Lipinski definition) is 1. The van der Waals surface area contributed by atoms with E-state index in [4.69, 9.17) is 0 Å². The van der Waals surface area contributed by atoms with E-state index < -0.39 is 0 Å². The first-order chi connectivity index (χ1) is 6.72. The molecule has 0 radical (unpaired) electrons. The summed E-state index contributed by atoms with van der Waals surface area (Å²) >= 11 is 0. The number of aryl methyl sites for hydroxylation is 2. The molecule has 74 valence electrons. The average molecular weight is 187 g/mol. The van der Waals surface area contributed by atoms with E-state index in [1.165, 1.54) is 35.2 Å². The smallest absolute Gasteiger partial charge is 0.0403 e. The van der Waals surface area contributed by atoms with Crippen LogP contribution in [-0.2, 0) is 0 Å². The van der Waals surface area contributed by atoms with Crippen LogP contribution >= 0.6 is 0 Å². The van der Waals surface area contributed by atoms with Crippen LogP contribution in [0.4, 0.5) is 0 Å². The first kappa shape index (κ1) is 9.32. The third-order valence-corrected chi connectivity index (χ3v) is 2.90. The first-order valence-corrected chi connectivity index (χ1v) is 5.20. The van der Waals surface area contributed by atoms with E-state index in [0.717, 1.165) is 0 Å². The molecule has 1 fully saturated rings. The lowest BCUT2D eigenvalue weighted by atomic mass is 10.0. The normalized spacial score (nSPS) is 14.1. The Bertz CT molecular complexity index is 382. The Morgan fingerprint density at radius 1 is 1.14 bits per heavy atom. The molecule has 0 bridgehead atoms. The van der Waals surface area contributed by atoms with Crippen LogP contribution in [0.2, 0.25) is 0 Å². The van der Waals surface area contributed by atoms with Gasteiger partial charge in [0.25, 0.3) is 0 Å². The molecule has 0 amide bonds. The SMILES string of the molecule is CNC(=C1CC1)c1ccc(C)c(C)c1. The number of hydrogen-bond acceptors (Lipinski definition) is 1. The van der Waals surface area contributed by atoms with Crippen LogP contribution in [0.1, 0.15) is 29.5 Å². The molecule has 1 heteroatoms. The van der Waals surface area contributed by atoms with Crippen LogP contribution in [-0.4, -0.2) is 7.05 Å². The van der Waals surface area contributed by atoms with Crippen LogP contribution < -0.4 is 5.32 Å². The fourth-order valence-corrected chi connectivity index (χ4v) is 1.73. The van der Waals surface area contributed by atoms with E-state index in [1.54, 1.807) is 5.57 Å². The zero-order valence-corrected chi connectivity index (χ0v) is 9.15. The van der Waals surface area contributed by atoms with Crippen molar-refractivity contribution in [3.05, 3.63) is 40.5 Å². The zero-order valence-electron chi connectivity index (χ0n) is 9.15. The summed E-state index contributed by atoms with van der Waals surface area (Å²) in [5.41, 5.74) is 6.98. The minimum absolute atomic E-state index is 1.27. The van der Waals surface area contributed by atoms with Crippen molar-refractivity contribution in [3.8, 4) is 0 Å². The predicted octanol–water partition coefficient (Wildman–Crippen LogP) is 3.03. The molecule has 1 aliphatic rings. The number of rotatable bonds is 2. The maximum Gasteiger partial charge on any atom is 0.0403 e. The summed E-state index contributed by atoms with van der Waals surface area (Å²) < 4.78 is 0. The monoisotopic (exact) mass is 187 g/mol. The molecule has 1 nitrogen and oxygen atoms in total. The minimum Gasteiger partial charge on any atom is -0.388 e. The molecule has 0 unspecified atom stereocenters. The highest BCUT2D eigenvalue weighted by atomic mass is 14.8. The third kappa shape index (κ3) is 1.67. The molecular formula is C13H17N. The van der Waals surface area contributed by atoms with E-state index in [0.29, 0.717) is 0 Å². The fraction of sp³-hybridized carbons (Fsp3) is 0.385. The first-order valence-electron chi connectivity index (χ1n) is 5.20. The van der Waals surface area contributed by atoms with E-state index in [-0.39, 0.29) is 0 Å². The topological polar surface area (TPSA) is 12.0 Å². The quantitative estimate of drug-likeness (QED) is 0.750. The van der Waals surface area contributed by atoms with Crippen LogP contribution in [0.5, 0.6) is 0 Å². The van der Waals surface area contributed by atoms with Gasteiger partial charge in [-0.3, -0.25) is 0 Å². The summed E-state index contributed by atoms with van der Waals surface area (Å²) in [6, 6.07) is 6.68. The minimum atomic E-state index is 1.27. The second-order valence-electron chi connectivity index (χ2n) is 4.03. The van der Waals surface area contributed by atoms with Crippen LogP contribution in [0.25, 0.3) is 5.70 Å². The van der Waals surface area contributed by atoms with Crippen LogP contribution in [0.3, 0.4) is 0 Å². The van der Waals surface area contributed by atoms with Crippen LogP contribution in [0, 0.1) is 13.8 Å². The van der Waals surface area contributed by atoms with Crippen molar-refractivity contribution in [1.82, 2.24) is 5.32 Å². The molecule has 14 heavy (non-hydrogen) atoms. The molecule has 0 aromatic heterocycles. The second kappa shape index (κ2) is 3.49. The highest BCUT2D eigenvalue weighted by Gasteiger charge is 2.18. The van der Waals surface area contributed by atoms with E-state index in [9.17, 15) is 0 Å². The van der Waals surface area contributed by atoms with Gasteiger partial charge in [0.15, 0.2) is 0 Å². The van der Waals surface area contributed by atoms with Gasteiger partial charge in [-0.15, -0.1) is 0 Å². The zero-order chi connectivity index (χ0) is 10.1. The standard InChI is InChI=1S/C13H17N/c1-9-4-5-12(8-10(9)2)13(14-3)11-6-7-11/h4-5,8,14H,6-7H2,1-3H3. The Kier molecular flexibility index (Phi) is 2.32. The van der Waals surface area contributed by atoms with Crippen molar-refractivity contribution >= 4 is 5.70 Å². The van der Waals surface area contributed by atoms with Gasteiger partial charge in [-0.25, -0.2) is 0 Å². The van der Waals surface area contributed by atoms with Gasteiger partial charge in [-0.05, 0) is 55.0 Å². The van der Waals surface area contributed by atoms with Crippen molar-refractivity contribution in [2.45, 2.75) is 26.7 Å². The highest BCUT2D eigenvalue weighted by Crippen LogP contribution is 2.35. The molecule has 1 aromatic rings. The molecule has 0 aliphatic heterocycles. The van der Waals surface area contributed by atoms with Gasteiger partial charge in [0.05, 0.1) is 0 Å². The Labute approximate surface area is 85.8 Å². The van der Waals surface area contributed by atoms with Gasteiger partial charge >= 0.3 is 0 Å². The second-order valence-corrected chi connectivity index (χ2v) is 4.03. The summed E-state index contributed by atoms with van der Waals surface area (Å²) in [6.45, 7) is 4.33. The molecule has 0 heterocycles. The summed E-state index contributed by atoms with van der Waals surface area (Å²) in [4.78, 5) is 0. The highest BCUT2D eigenvalue weighted by molar-refractivity contribution is 5.70. The Hall–Kier alpha value is -1.24. The van der Waals surface area contributed by atoms with Gasteiger partial charge in [-0.2, -0.15) is 0 Å². The molecule has 1 saturated carbocycles. The van der Waals surface area contributed by atoms with E-state index >= 15 is 0 Å². The van der Waals surface area contributed by atoms with Crippen molar-refractivity contribution in [1.29, 1.82) is 0 Å².